The molecule has 148 valence electrons. The van der Waals surface area contributed by atoms with Gasteiger partial charge in [-0.05, 0) is 31.7 Å². The predicted octanol–water partition coefficient (Wildman–Crippen LogP) is 3.60. The average molecular weight is 385 g/mol. The van der Waals surface area contributed by atoms with Crippen LogP contribution in [0.5, 0.6) is 0 Å². The molecule has 0 saturated carbocycles. The number of hydrogen-bond donors (Lipinski definition) is 3. The van der Waals surface area contributed by atoms with E-state index in [1.54, 1.807) is 0 Å². The lowest BCUT2D eigenvalue weighted by Crippen LogP contribution is -2.45. The Bertz CT molecular complexity index is 603. The molecule has 0 spiro atoms. The van der Waals surface area contributed by atoms with Crippen molar-refractivity contribution in [1.29, 1.82) is 0 Å². The average Bonchev–Trinajstić information content (AvgIpc) is 2.58. The summed E-state index contributed by atoms with van der Waals surface area (Å²) in [5.74, 6) is -1.20. The molecule has 3 atom stereocenters. The summed E-state index contributed by atoms with van der Waals surface area (Å²) >= 11 is 0. The van der Waals surface area contributed by atoms with E-state index in [0.29, 0.717) is 12.8 Å². The number of carbonyl (C=O) groups excluding carboxylic acids is 1. The van der Waals surface area contributed by atoms with E-state index in [-0.39, 0.29) is 6.42 Å². The van der Waals surface area contributed by atoms with Crippen LogP contribution in [0.15, 0.2) is 30.3 Å². The molecule has 0 aliphatic carbocycles. The van der Waals surface area contributed by atoms with Gasteiger partial charge in [0.1, 0.15) is 6.04 Å². The summed E-state index contributed by atoms with van der Waals surface area (Å²) in [6.45, 7) is 5.30. The summed E-state index contributed by atoms with van der Waals surface area (Å²) in [7, 11) is -4.69. The fraction of sp³-hybridized carbons (Fsp3) is 0.632. The van der Waals surface area contributed by atoms with Crippen LogP contribution in [0.4, 0.5) is 0 Å². The molecule has 0 saturated heterocycles. The van der Waals surface area contributed by atoms with Crippen molar-refractivity contribution in [1.82, 2.24) is 0 Å². The zero-order valence-electron chi connectivity index (χ0n) is 15.9. The minimum atomic E-state index is -4.69. The van der Waals surface area contributed by atoms with E-state index in [1.165, 1.54) is 6.92 Å². The van der Waals surface area contributed by atoms with Gasteiger partial charge in [0.05, 0.1) is 0 Å². The summed E-state index contributed by atoms with van der Waals surface area (Å²) in [5, 5.41) is -1.86. The van der Waals surface area contributed by atoms with Gasteiger partial charge in [-0.25, -0.2) is 0 Å². The van der Waals surface area contributed by atoms with Crippen molar-refractivity contribution in [3.63, 3.8) is 0 Å². The van der Waals surface area contributed by atoms with Crippen molar-refractivity contribution in [3.8, 4) is 0 Å². The number of hydrogen-bond acceptors (Lipinski definition) is 4. The molecule has 6 nitrogen and oxygen atoms in total. The topological polar surface area (TPSA) is 110 Å². The van der Waals surface area contributed by atoms with Gasteiger partial charge in [0.15, 0.2) is 0 Å². The van der Waals surface area contributed by atoms with Gasteiger partial charge in [-0.2, -0.15) is 0 Å². The highest BCUT2D eigenvalue weighted by Gasteiger charge is 2.52. The van der Waals surface area contributed by atoms with Crippen molar-refractivity contribution in [2.24, 2.45) is 11.7 Å². The van der Waals surface area contributed by atoms with Crippen LogP contribution < -0.4 is 5.73 Å². The molecule has 2 unspecified atom stereocenters. The van der Waals surface area contributed by atoms with Crippen LogP contribution in [0.1, 0.15) is 58.4 Å². The lowest BCUT2D eigenvalue weighted by molar-refractivity contribution is -0.158. The van der Waals surface area contributed by atoms with Gasteiger partial charge >= 0.3 is 13.6 Å². The molecule has 7 heteroatoms. The lowest BCUT2D eigenvalue weighted by atomic mass is 9.91. The minimum absolute atomic E-state index is 0.254. The molecular formula is C19H32NO5P. The highest BCUT2D eigenvalue weighted by atomic mass is 31.2. The Morgan fingerprint density at radius 1 is 1.19 bits per heavy atom. The van der Waals surface area contributed by atoms with Gasteiger partial charge < -0.3 is 20.3 Å². The normalized spacial score (nSPS) is 16.5. The van der Waals surface area contributed by atoms with Crippen LogP contribution >= 0.6 is 7.60 Å². The third kappa shape index (κ3) is 6.20. The second-order valence-corrected chi connectivity index (χ2v) is 8.92. The Morgan fingerprint density at radius 2 is 1.81 bits per heavy atom. The molecule has 0 aliphatic rings. The predicted molar refractivity (Wildman–Crippen MR) is 103 cm³/mol. The maximum atomic E-state index is 12.5. The van der Waals surface area contributed by atoms with E-state index >= 15 is 0 Å². The van der Waals surface area contributed by atoms with E-state index in [2.05, 4.69) is 0 Å². The van der Waals surface area contributed by atoms with Crippen LogP contribution in [0, 0.1) is 5.92 Å². The fourth-order valence-corrected chi connectivity index (χ4v) is 4.03. The number of benzene rings is 1. The number of ether oxygens (including phenoxy) is 1. The van der Waals surface area contributed by atoms with Gasteiger partial charge in [0.2, 0.25) is 5.34 Å². The summed E-state index contributed by atoms with van der Waals surface area (Å²) in [4.78, 5) is 32.4. The van der Waals surface area contributed by atoms with Crippen molar-refractivity contribution in [2.45, 2.75) is 70.7 Å². The molecule has 0 aromatic heterocycles. The Balaban J connectivity index is 2.97. The number of esters is 1. The number of nitrogens with two attached hydrogens (primary N) is 1. The summed E-state index contributed by atoms with van der Waals surface area (Å²) in [6, 6.07) is 8.26. The van der Waals surface area contributed by atoms with Crippen LogP contribution in [-0.4, -0.2) is 27.1 Å². The minimum Gasteiger partial charge on any atom is -0.445 e. The zero-order valence-corrected chi connectivity index (χ0v) is 16.8. The Kier molecular flexibility index (Phi) is 8.97. The van der Waals surface area contributed by atoms with Crippen LogP contribution in [-0.2, 0) is 20.5 Å². The number of unbranched alkanes of at least 4 members (excludes halogenated alkanes) is 1. The molecule has 1 rings (SSSR count). The molecule has 0 radical (unpaired) electrons. The smallest absolute Gasteiger partial charge is 0.368 e. The first-order chi connectivity index (χ1) is 12.2. The monoisotopic (exact) mass is 385 g/mol. The molecule has 0 bridgehead atoms. The molecular weight excluding hydrogens is 353 g/mol. The van der Waals surface area contributed by atoms with Gasteiger partial charge in [0.25, 0.3) is 0 Å². The van der Waals surface area contributed by atoms with Gasteiger partial charge in [-0.15, -0.1) is 0 Å². The first-order valence-electron chi connectivity index (χ1n) is 9.23. The quantitative estimate of drug-likeness (QED) is 0.397. The highest BCUT2D eigenvalue weighted by molar-refractivity contribution is 7.53. The lowest BCUT2D eigenvalue weighted by Gasteiger charge is -2.38. The maximum Gasteiger partial charge on any atom is 0.368 e. The van der Waals surface area contributed by atoms with Crippen molar-refractivity contribution in [2.75, 3.05) is 0 Å². The van der Waals surface area contributed by atoms with Crippen LogP contribution in [0.25, 0.3) is 0 Å². The standard InChI is InChI=1S/C19H32NO5P/c1-4-6-13-16(10-5-2)19(3,26(22,23)24)25-18(21)17(20)14-15-11-8-7-9-12-15/h7-9,11-12,16-17H,4-6,10,13-14,20H2,1-3H3,(H2,22,23,24)/t16?,17-,19?/m0/s1. The van der Waals surface area contributed by atoms with Crippen molar-refractivity contribution >= 4 is 13.6 Å². The highest BCUT2D eigenvalue weighted by Crippen LogP contribution is 2.57. The fourth-order valence-electron chi connectivity index (χ4n) is 3.09. The largest absolute Gasteiger partial charge is 0.445 e. The molecule has 0 aliphatic heterocycles. The third-order valence-corrected chi connectivity index (χ3v) is 6.40. The van der Waals surface area contributed by atoms with Crippen molar-refractivity contribution in [3.05, 3.63) is 35.9 Å². The second kappa shape index (κ2) is 10.2. The van der Waals surface area contributed by atoms with Crippen molar-refractivity contribution < 1.29 is 23.9 Å². The molecule has 1 aromatic rings. The Labute approximate surface area is 156 Å². The van der Waals surface area contributed by atoms with E-state index < -0.39 is 30.9 Å². The van der Waals surface area contributed by atoms with E-state index in [1.807, 2.05) is 44.2 Å². The van der Waals surface area contributed by atoms with E-state index in [4.69, 9.17) is 10.5 Å². The number of carbonyl (C=O) groups is 1. The molecule has 26 heavy (non-hydrogen) atoms. The summed E-state index contributed by atoms with van der Waals surface area (Å²) in [6.07, 6.45) is 3.88. The van der Waals surface area contributed by atoms with Gasteiger partial charge in [-0.3, -0.25) is 9.36 Å². The third-order valence-electron chi connectivity index (χ3n) is 4.79. The van der Waals surface area contributed by atoms with Crippen LogP contribution in [0.2, 0.25) is 0 Å². The Hall–Kier alpha value is -1.20. The zero-order chi connectivity index (χ0) is 19.8. The van der Waals surface area contributed by atoms with E-state index in [0.717, 1.165) is 24.8 Å². The molecule has 0 amide bonds. The maximum absolute atomic E-state index is 12.5. The van der Waals surface area contributed by atoms with Gasteiger partial charge in [0, 0.05) is 5.92 Å². The summed E-state index contributed by atoms with van der Waals surface area (Å²) < 4.78 is 17.6. The first-order valence-corrected chi connectivity index (χ1v) is 10.8. The molecule has 1 aromatic carbocycles. The number of rotatable bonds is 11. The Morgan fingerprint density at radius 3 is 2.31 bits per heavy atom. The van der Waals surface area contributed by atoms with Crippen LogP contribution in [0.3, 0.4) is 0 Å². The first kappa shape index (κ1) is 22.8. The molecule has 0 fully saturated rings. The summed E-state index contributed by atoms with van der Waals surface area (Å²) in [5.41, 5.74) is 6.81. The SMILES string of the molecule is CCCCC(CCC)C(C)(OC(=O)[C@@H](N)Cc1ccccc1)P(=O)(O)O. The molecule has 0 heterocycles. The second-order valence-electron chi connectivity index (χ2n) is 6.94. The van der Waals surface area contributed by atoms with E-state index in [9.17, 15) is 19.1 Å². The van der Waals surface area contributed by atoms with Gasteiger partial charge in [-0.1, -0.05) is 63.4 Å². The molecule has 4 N–H and O–H groups in total.